The summed E-state index contributed by atoms with van der Waals surface area (Å²) < 4.78 is 0.839. The van der Waals surface area contributed by atoms with Gasteiger partial charge in [0.05, 0.1) is 0 Å². The molecule has 0 aliphatic carbocycles. The van der Waals surface area contributed by atoms with Gasteiger partial charge in [-0.25, -0.2) is 0 Å². The van der Waals surface area contributed by atoms with E-state index in [9.17, 15) is 5.21 Å². The summed E-state index contributed by atoms with van der Waals surface area (Å²) in [7, 11) is 0. The molecule has 0 aliphatic heterocycles. The molecule has 0 amide bonds. The quantitative estimate of drug-likeness (QED) is 0.456. The van der Waals surface area contributed by atoms with Crippen molar-refractivity contribution in [1.29, 1.82) is 0 Å². The van der Waals surface area contributed by atoms with Crippen molar-refractivity contribution in [2.75, 3.05) is 5.73 Å². The number of benzene rings is 1. The molecule has 0 radical (unpaired) electrons. The summed E-state index contributed by atoms with van der Waals surface area (Å²) in [6, 6.07) is 12.5. The van der Waals surface area contributed by atoms with Crippen LogP contribution in [-0.4, -0.2) is 0 Å². The summed E-state index contributed by atoms with van der Waals surface area (Å²) in [6.45, 7) is 0. The third-order valence-electron chi connectivity index (χ3n) is 2.03. The summed E-state index contributed by atoms with van der Waals surface area (Å²) in [5.41, 5.74) is 7.76. The molecule has 3 nitrogen and oxygen atoms in total. The summed E-state index contributed by atoms with van der Waals surface area (Å²) in [5.74, 6) is 0. The number of hydrogen-bond donors (Lipinski definition) is 1. The maximum absolute atomic E-state index is 11.4. The standard InChI is InChI=1S/C11H10N2O.ClH/c12-10-6-4-9(5-7-10)11-3-1-2-8-13(11)14;/h1-8H,12H2;1H. The molecule has 2 aromatic rings. The molecule has 0 saturated carbocycles. The molecule has 2 rings (SSSR count). The van der Waals surface area contributed by atoms with E-state index >= 15 is 0 Å². The number of nitrogen functional groups attached to an aromatic ring is 1. The topological polar surface area (TPSA) is 53.0 Å². The maximum atomic E-state index is 11.4. The van der Waals surface area contributed by atoms with Crippen LogP contribution < -0.4 is 10.5 Å². The van der Waals surface area contributed by atoms with Crippen LogP contribution in [0.5, 0.6) is 0 Å². The van der Waals surface area contributed by atoms with E-state index in [1.807, 2.05) is 18.2 Å². The van der Waals surface area contributed by atoms with E-state index in [-0.39, 0.29) is 12.4 Å². The number of anilines is 1. The van der Waals surface area contributed by atoms with E-state index in [4.69, 9.17) is 5.73 Å². The van der Waals surface area contributed by atoms with Crippen LogP contribution in [-0.2, 0) is 0 Å². The average molecular weight is 223 g/mol. The monoisotopic (exact) mass is 222 g/mol. The van der Waals surface area contributed by atoms with Crippen molar-refractivity contribution >= 4 is 18.1 Å². The second-order valence-corrected chi connectivity index (χ2v) is 3.03. The van der Waals surface area contributed by atoms with E-state index in [2.05, 4.69) is 0 Å². The zero-order valence-corrected chi connectivity index (χ0v) is 8.78. The zero-order chi connectivity index (χ0) is 9.97. The maximum Gasteiger partial charge on any atom is 0.223 e. The highest BCUT2D eigenvalue weighted by atomic mass is 35.5. The largest absolute Gasteiger partial charge is 0.618 e. The van der Waals surface area contributed by atoms with Crippen LogP contribution in [0.4, 0.5) is 5.69 Å². The first kappa shape index (κ1) is 11.3. The van der Waals surface area contributed by atoms with Crippen molar-refractivity contribution in [2.45, 2.75) is 0 Å². The molecule has 0 atom stereocenters. The number of halogens is 1. The lowest BCUT2D eigenvalue weighted by Crippen LogP contribution is -2.27. The molecule has 0 saturated heterocycles. The molecule has 2 N–H and O–H groups in total. The number of pyridine rings is 1. The van der Waals surface area contributed by atoms with E-state index in [0.717, 1.165) is 10.3 Å². The minimum absolute atomic E-state index is 0. The van der Waals surface area contributed by atoms with Crippen LogP contribution in [0.3, 0.4) is 0 Å². The van der Waals surface area contributed by atoms with Gasteiger partial charge in [0, 0.05) is 23.4 Å². The van der Waals surface area contributed by atoms with Gasteiger partial charge in [-0.05, 0) is 30.3 Å². The Balaban J connectivity index is 0.00000112. The van der Waals surface area contributed by atoms with Crippen molar-refractivity contribution in [3.63, 3.8) is 0 Å². The van der Waals surface area contributed by atoms with Gasteiger partial charge in [-0.1, -0.05) is 0 Å². The molecule has 4 heteroatoms. The highest BCUT2D eigenvalue weighted by Crippen LogP contribution is 2.16. The molecule has 0 bridgehead atoms. The van der Waals surface area contributed by atoms with Crippen molar-refractivity contribution < 1.29 is 4.73 Å². The Morgan fingerprint density at radius 1 is 1.00 bits per heavy atom. The van der Waals surface area contributed by atoms with Gasteiger partial charge < -0.3 is 10.9 Å². The first-order valence-corrected chi connectivity index (χ1v) is 4.31. The first-order chi connectivity index (χ1) is 6.77. The molecule has 0 unspecified atom stereocenters. The fraction of sp³-hybridized carbons (Fsp3) is 0. The third kappa shape index (κ3) is 2.39. The molecule has 1 aromatic heterocycles. The van der Waals surface area contributed by atoms with E-state index in [0.29, 0.717) is 11.4 Å². The van der Waals surface area contributed by atoms with Gasteiger partial charge in [-0.3, -0.25) is 0 Å². The number of hydrogen-bond acceptors (Lipinski definition) is 2. The normalized spacial score (nSPS) is 9.33. The van der Waals surface area contributed by atoms with Crippen LogP contribution in [0, 0.1) is 5.21 Å². The molecule has 1 aromatic carbocycles. The second kappa shape index (κ2) is 4.66. The fourth-order valence-corrected chi connectivity index (χ4v) is 1.31. The third-order valence-corrected chi connectivity index (χ3v) is 2.03. The van der Waals surface area contributed by atoms with Gasteiger partial charge in [0.2, 0.25) is 5.69 Å². The Morgan fingerprint density at radius 2 is 1.67 bits per heavy atom. The van der Waals surface area contributed by atoms with E-state index in [1.54, 1.807) is 24.3 Å². The summed E-state index contributed by atoms with van der Waals surface area (Å²) >= 11 is 0. The molecule has 78 valence electrons. The van der Waals surface area contributed by atoms with E-state index in [1.165, 1.54) is 6.20 Å². The Morgan fingerprint density at radius 3 is 2.27 bits per heavy atom. The molecule has 15 heavy (non-hydrogen) atoms. The lowest BCUT2D eigenvalue weighted by Gasteiger charge is -2.03. The Labute approximate surface area is 94.2 Å². The predicted octanol–water partition coefficient (Wildman–Crippen LogP) is 1.99. The van der Waals surface area contributed by atoms with Crippen molar-refractivity contribution in [3.8, 4) is 11.3 Å². The smallest absolute Gasteiger partial charge is 0.223 e. The van der Waals surface area contributed by atoms with Crippen molar-refractivity contribution in [1.82, 2.24) is 0 Å². The van der Waals surface area contributed by atoms with Crippen LogP contribution in [0.15, 0.2) is 48.7 Å². The molecule has 0 aliphatic rings. The number of aromatic nitrogens is 1. The van der Waals surface area contributed by atoms with Gasteiger partial charge in [0.15, 0.2) is 6.20 Å². The van der Waals surface area contributed by atoms with Gasteiger partial charge in [0.1, 0.15) is 0 Å². The van der Waals surface area contributed by atoms with Gasteiger partial charge >= 0.3 is 0 Å². The van der Waals surface area contributed by atoms with Crippen LogP contribution in [0.1, 0.15) is 0 Å². The fourth-order valence-electron chi connectivity index (χ4n) is 1.31. The van der Waals surface area contributed by atoms with Crippen LogP contribution >= 0.6 is 12.4 Å². The molecule has 1 heterocycles. The Hall–Kier alpha value is -1.74. The SMILES string of the molecule is Cl.Nc1ccc(-c2cccc[n+]2[O-])cc1. The van der Waals surface area contributed by atoms with E-state index < -0.39 is 0 Å². The Kier molecular flexibility index (Phi) is 3.52. The van der Waals surface area contributed by atoms with Gasteiger partial charge in [-0.2, -0.15) is 4.73 Å². The van der Waals surface area contributed by atoms with Gasteiger partial charge in [-0.15, -0.1) is 12.4 Å². The lowest BCUT2D eigenvalue weighted by molar-refractivity contribution is -0.593. The van der Waals surface area contributed by atoms with Crippen molar-refractivity contribution in [2.24, 2.45) is 0 Å². The number of rotatable bonds is 1. The molecular formula is C11H11ClN2O. The minimum atomic E-state index is 0. The summed E-state index contributed by atoms with van der Waals surface area (Å²) in [5, 5.41) is 11.4. The minimum Gasteiger partial charge on any atom is -0.618 e. The number of nitrogens with two attached hydrogens (primary N) is 1. The first-order valence-electron chi connectivity index (χ1n) is 4.31. The highest BCUT2D eigenvalue weighted by Gasteiger charge is 2.05. The molecule has 0 fully saturated rings. The Bertz CT molecular complexity index is 443. The molecular weight excluding hydrogens is 212 g/mol. The predicted molar refractivity (Wildman–Crippen MR) is 62.5 cm³/mol. The zero-order valence-electron chi connectivity index (χ0n) is 7.96. The molecule has 0 spiro atoms. The number of nitrogens with zero attached hydrogens (tertiary/aromatic N) is 1. The van der Waals surface area contributed by atoms with Crippen molar-refractivity contribution in [3.05, 3.63) is 53.9 Å². The summed E-state index contributed by atoms with van der Waals surface area (Å²) in [6.07, 6.45) is 1.48. The average Bonchev–Trinajstić information content (AvgIpc) is 2.20. The van der Waals surface area contributed by atoms with Crippen LogP contribution in [0.2, 0.25) is 0 Å². The highest BCUT2D eigenvalue weighted by molar-refractivity contribution is 5.85. The second-order valence-electron chi connectivity index (χ2n) is 3.03. The lowest BCUT2D eigenvalue weighted by atomic mass is 10.1. The summed E-state index contributed by atoms with van der Waals surface area (Å²) in [4.78, 5) is 0. The van der Waals surface area contributed by atoms with Crippen LogP contribution in [0.25, 0.3) is 11.3 Å². The van der Waals surface area contributed by atoms with Gasteiger partial charge in [0.25, 0.3) is 0 Å².